The molecule has 0 saturated carbocycles. The van der Waals surface area contributed by atoms with Gasteiger partial charge in [0, 0.05) is 31.6 Å². The molecule has 3 rings (SSSR count). The maximum atomic E-state index is 12.2. The van der Waals surface area contributed by atoms with E-state index in [1.165, 1.54) is 6.07 Å². The van der Waals surface area contributed by atoms with Crippen molar-refractivity contribution >= 4 is 28.5 Å². The van der Waals surface area contributed by atoms with Crippen LogP contribution in [0.25, 0.3) is 11.0 Å². The molecule has 6 nitrogen and oxygen atoms in total. The topological polar surface area (TPSA) is 71.8 Å². The van der Waals surface area contributed by atoms with Gasteiger partial charge in [-0.1, -0.05) is 23.7 Å². The van der Waals surface area contributed by atoms with Gasteiger partial charge in [-0.25, -0.2) is 4.79 Å². The van der Waals surface area contributed by atoms with Crippen molar-refractivity contribution in [2.24, 2.45) is 0 Å². The fourth-order valence-electron chi connectivity index (χ4n) is 2.51. The van der Waals surface area contributed by atoms with Crippen LogP contribution in [0.3, 0.4) is 0 Å². The van der Waals surface area contributed by atoms with Gasteiger partial charge in [0.2, 0.25) is 0 Å². The summed E-state index contributed by atoms with van der Waals surface area (Å²) in [7, 11) is 0. The first-order chi connectivity index (χ1) is 11.1. The average Bonchev–Trinajstić information content (AvgIpc) is 2.56. The highest BCUT2D eigenvalue weighted by Gasteiger charge is 2.15. The third kappa shape index (κ3) is 3.72. The smallest absolute Gasteiger partial charge is 0.349 e. The summed E-state index contributed by atoms with van der Waals surface area (Å²) in [6, 6.07) is 6.63. The van der Waals surface area contributed by atoms with Crippen LogP contribution in [0, 0.1) is 0 Å². The van der Waals surface area contributed by atoms with Crippen LogP contribution in [0.2, 0.25) is 5.02 Å². The molecule has 1 aliphatic rings. The number of carbonyl (C=O) groups excluding carboxylic acids is 1. The molecule has 0 atom stereocenters. The Morgan fingerprint density at radius 3 is 2.87 bits per heavy atom. The summed E-state index contributed by atoms with van der Waals surface area (Å²) in [5.74, 6) is -0.436. The second-order valence-corrected chi connectivity index (χ2v) is 5.72. The van der Waals surface area contributed by atoms with Crippen LogP contribution in [0.15, 0.2) is 33.5 Å². The van der Waals surface area contributed by atoms with Crippen LogP contribution in [-0.4, -0.2) is 50.2 Å². The Labute approximate surface area is 138 Å². The molecule has 0 spiro atoms. The lowest BCUT2D eigenvalue weighted by molar-refractivity contribution is 0.0383. The van der Waals surface area contributed by atoms with Crippen molar-refractivity contribution in [3.8, 4) is 0 Å². The van der Waals surface area contributed by atoms with Gasteiger partial charge in [-0.2, -0.15) is 0 Å². The van der Waals surface area contributed by atoms with Gasteiger partial charge in [0.1, 0.15) is 5.56 Å². The Morgan fingerprint density at radius 2 is 2.09 bits per heavy atom. The highest BCUT2D eigenvalue weighted by molar-refractivity contribution is 6.34. The van der Waals surface area contributed by atoms with E-state index in [0.717, 1.165) is 19.6 Å². The number of hydrogen-bond donors (Lipinski definition) is 1. The van der Waals surface area contributed by atoms with E-state index in [2.05, 4.69) is 10.2 Å². The lowest BCUT2D eigenvalue weighted by Crippen LogP contribution is -2.41. The van der Waals surface area contributed by atoms with Crippen LogP contribution in [0.5, 0.6) is 0 Å². The number of morpholine rings is 1. The number of fused-ring (bicyclic) bond motifs is 1. The Morgan fingerprint density at radius 1 is 1.30 bits per heavy atom. The Bertz CT molecular complexity index is 768. The van der Waals surface area contributed by atoms with E-state index in [1.807, 2.05) is 0 Å². The van der Waals surface area contributed by atoms with Gasteiger partial charge in [-0.05, 0) is 12.1 Å². The number of benzene rings is 1. The van der Waals surface area contributed by atoms with Gasteiger partial charge in [0.05, 0.1) is 18.2 Å². The molecule has 1 aliphatic heterocycles. The molecule has 0 radical (unpaired) electrons. The summed E-state index contributed by atoms with van der Waals surface area (Å²) in [4.78, 5) is 26.4. The molecule has 1 saturated heterocycles. The normalized spacial score (nSPS) is 15.7. The molecule has 1 aromatic heterocycles. The molecule has 23 heavy (non-hydrogen) atoms. The minimum Gasteiger partial charge on any atom is -0.421 e. The molecule has 0 aliphatic carbocycles. The molecule has 0 bridgehead atoms. The van der Waals surface area contributed by atoms with Crippen LogP contribution >= 0.6 is 11.6 Å². The third-order valence-corrected chi connectivity index (χ3v) is 4.07. The number of nitrogens with one attached hydrogen (secondary N) is 1. The molecule has 122 valence electrons. The molecular weight excluding hydrogens is 320 g/mol. The van der Waals surface area contributed by atoms with E-state index in [4.69, 9.17) is 20.8 Å². The maximum absolute atomic E-state index is 12.2. The second-order valence-electron chi connectivity index (χ2n) is 5.32. The van der Waals surface area contributed by atoms with Crippen molar-refractivity contribution in [3.05, 3.63) is 45.3 Å². The van der Waals surface area contributed by atoms with Crippen LogP contribution in [0.4, 0.5) is 0 Å². The second kappa shape index (κ2) is 7.12. The summed E-state index contributed by atoms with van der Waals surface area (Å²) in [5, 5.41) is 3.72. The zero-order chi connectivity index (χ0) is 16.2. The van der Waals surface area contributed by atoms with E-state index >= 15 is 0 Å². The van der Waals surface area contributed by atoms with Gasteiger partial charge >= 0.3 is 5.63 Å². The van der Waals surface area contributed by atoms with Crippen molar-refractivity contribution in [1.82, 2.24) is 10.2 Å². The first kappa shape index (κ1) is 16.0. The fourth-order valence-corrected chi connectivity index (χ4v) is 2.74. The number of carbonyl (C=O) groups is 1. The zero-order valence-corrected chi connectivity index (χ0v) is 13.3. The molecule has 1 aromatic carbocycles. The molecule has 1 fully saturated rings. The van der Waals surface area contributed by atoms with Gasteiger partial charge in [-0.3, -0.25) is 9.69 Å². The monoisotopic (exact) mass is 336 g/mol. The van der Waals surface area contributed by atoms with Crippen molar-refractivity contribution in [2.45, 2.75) is 0 Å². The predicted octanol–water partition coefficient (Wildman–Crippen LogP) is 1.51. The summed E-state index contributed by atoms with van der Waals surface area (Å²) in [5.41, 5.74) is -0.403. The van der Waals surface area contributed by atoms with E-state index in [-0.39, 0.29) is 5.56 Å². The summed E-state index contributed by atoms with van der Waals surface area (Å²) < 4.78 is 10.4. The number of ether oxygens (including phenoxy) is 1. The van der Waals surface area contributed by atoms with E-state index in [9.17, 15) is 9.59 Å². The van der Waals surface area contributed by atoms with Crippen molar-refractivity contribution in [3.63, 3.8) is 0 Å². The Kier molecular flexibility index (Phi) is 4.95. The van der Waals surface area contributed by atoms with E-state index < -0.39 is 11.5 Å². The minimum absolute atomic E-state index is 0.0123. The molecule has 1 amide bonds. The SMILES string of the molecule is O=C(NCCN1CCOCC1)c1cc2cccc(Cl)c2oc1=O. The minimum atomic E-state index is -0.686. The number of hydrogen-bond acceptors (Lipinski definition) is 5. The van der Waals surface area contributed by atoms with Gasteiger partial charge < -0.3 is 14.5 Å². The van der Waals surface area contributed by atoms with Gasteiger partial charge in [0.15, 0.2) is 5.58 Å². The molecule has 2 heterocycles. The first-order valence-electron chi connectivity index (χ1n) is 7.46. The zero-order valence-electron chi connectivity index (χ0n) is 12.5. The van der Waals surface area contributed by atoms with Crippen LogP contribution in [-0.2, 0) is 4.74 Å². The highest BCUT2D eigenvalue weighted by atomic mass is 35.5. The molecule has 7 heteroatoms. The molecule has 0 unspecified atom stereocenters. The number of nitrogens with zero attached hydrogens (tertiary/aromatic N) is 1. The molecular formula is C16H17ClN2O4. The largest absolute Gasteiger partial charge is 0.421 e. The van der Waals surface area contributed by atoms with Crippen LogP contribution in [0.1, 0.15) is 10.4 Å². The van der Waals surface area contributed by atoms with Crippen molar-refractivity contribution < 1.29 is 13.9 Å². The summed E-state index contributed by atoms with van der Waals surface area (Å²) in [6.45, 7) is 4.32. The van der Waals surface area contributed by atoms with Crippen molar-refractivity contribution in [2.75, 3.05) is 39.4 Å². The third-order valence-electron chi connectivity index (χ3n) is 3.77. The van der Waals surface area contributed by atoms with E-state index in [0.29, 0.717) is 35.8 Å². The fraction of sp³-hybridized carbons (Fsp3) is 0.375. The number of halogens is 1. The van der Waals surface area contributed by atoms with Gasteiger partial charge in [0.25, 0.3) is 5.91 Å². The van der Waals surface area contributed by atoms with Crippen molar-refractivity contribution in [1.29, 1.82) is 0 Å². The molecule has 2 aromatic rings. The maximum Gasteiger partial charge on any atom is 0.349 e. The number of rotatable bonds is 4. The predicted molar refractivity (Wildman–Crippen MR) is 87.1 cm³/mol. The number of para-hydroxylation sites is 1. The summed E-state index contributed by atoms with van der Waals surface area (Å²) >= 11 is 5.98. The Hall–Kier alpha value is -1.89. The van der Waals surface area contributed by atoms with Gasteiger partial charge in [-0.15, -0.1) is 0 Å². The summed E-state index contributed by atoms with van der Waals surface area (Å²) in [6.07, 6.45) is 0. The molecule has 1 N–H and O–H groups in total. The van der Waals surface area contributed by atoms with Crippen LogP contribution < -0.4 is 10.9 Å². The first-order valence-corrected chi connectivity index (χ1v) is 7.83. The average molecular weight is 337 g/mol. The lowest BCUT2D eigenvalue weighted by atomic mass is 10.2. The highest BCUT2D eigenvalue weighted by Crippen LogP contribution is 2.22. The standard InChI is InChI=1S/C16H17ClN2O4/c17-13-3-1-2-11-10-12(16(21)23-14(11)13)15(20)18-4-5-19-6-8-22-9-7-19/h1-3,10H,4-9H2,(H,18,20). The lowest BCUT2D eigenvalue weighted by Gasteiger charge is -2.26. The number of amides is 1. The van der Waals surface area contributed by atoms with E-state index in [1.54, 1.807) is 18.2 Å². The quantitative estimate of drug-likeness (QED) is 0.857. The Balaban J connectivity index is 1.68.